The molecule has 0 radical (unpaired) electrons. The number of halogens is 1. The Kier molecular flexibility index (Phi) is 4.96. The largest absolute Gasteiger partial charge is 0.497 e. The molecular weight excluding hydrogens is 316 g/mol. The Labute approximate surface area is 131 Å². The van der Waals surface area contributed by atoms with Crippen molar-refractivity contribution in [1.82, 2.24) is 0 Å². The second kappa shape index (κ2) is 6.52. The van der Waals surface area contributed by atoms with E-state index in [-0.39, 0.29) is 5.12 Å². The topological polar surface area (TPSA) is 35.5 Å². The smallest absolute Gasteiger partial charge is 0.226 e. The zero-order valence-electron chi connectivity index (χ0n) is 11.0. The van der Waals surface area contributed by atoms with Gasteiger partial charge in [-0.05, 0) is 23.3 Å². The van der Waals surface area contributed by atoms with Crippen LogP contribution in [0.1, 0.15) is 20.8 Å². The van der Waals surface area contributed by atoms with Crippen LogP contribution in [0.25, 0.3) is 0 Å². The van der Waals surface area contributed by atoms with E-state index >= 15 is 0 Å². The van der Waals surface area contributed by atoms with E-state index in [2.05, 4.69) is 12.6 Å². The molecule has 0 N–H and O–H groups in total. The Morgan fingerprint density at radius 1 is 1.25 bits per heavy atom. The van der Waals surface area contributed by atoms with E-state index < -0.39 is 0 Å². The fraction of sp³-hybridized carbons (Fsp3) is 0.214. The lowest BCUT2D eigenvalue weighted by molar-refractivity contribution is 0.109. The molecule has 0 spiro atoms. The fourth-order valence-corrected chi connectivity index (χ4v) is 3.30. The third-order valence-corrected chi connectivity index (χ3v) is 4.53. The van der Waals surface area contributed by atoms with Crippen molar-refractivity contribution in [3.05, 3.63) is 44.6 Å². The van der Waals surface area contributed by atoms with E-state index in [4.69, 9.17) is 21.1 Å². The molecule has 6 heteroatoms. The van der Waals surface area contributed by atoms with Crippen LogP contribution in [0.2, 0.25) is 4.34 Å². The molecule has 0 aliphatic heterocycles. The Hall–Kier alpha value is -1.17. The maximum atomic E-state index is 11.5. The van der Waals surface area contributed by atoms with Crippen LogP contribution in [0.5, 0.6) is 11.5 Å². The van der Waals surface area contributed by atoms with Crippen molar-refractivity contribution in [3.8, 4) is 11.5 Å². The first-order valence-corrected chi connectivity index (χ1v) is 7.41. The van der Waals surface area contributed by atoms with Crippen molar-refractivity contribution in [2.45, 2.75) is 6.42 Å². The van der Waals surface area contributed by atoms with Gasteiger partial charge < -0.3 is 9.47 Å². The van der Waals surface area contributed by atoms with Crippen molar-refractivity contribution in [2.75, 3.05) is 14.2 Å². The van der Waals surface area contributed by atoms with Gasteiger partial charge in [-0.2, -0.15) is 0 Å². The van der Waals surface area contributed by atoms with Crippen LogP contribution in [-0.2, 0) is 6.42 Å². The number of rotatable bonds is 5. The van der Waals surface area contributed by atoms with Gasteiger partial charge in [-0.25, -0.2) is 0 Å². The highest BCUT2D eigenvalue weighted by molar-refractivity contribution is 7.97. The first-order chi connectivity index (χ1) is 9.55. The molecule has 0 bridgehead atoms. The lowest BCUT2D eigenvalue weighted by Gasteiger charge is -2.10. The summed E-state index contributed by atoms with van der Waals surface area (Å²) in [7, 11) is 3.20. The molecule has 0 unspecified atom stereocenters. The lowest BCUT2D eigenvalue weighted by atomic mass is 10.0. The quantitative estimate of drug-likeness (QED) is 0.840. The molecule has 0 saturated carbocycles. The molecule has 0 aliphatic carbocycles. The van der Waals surface area contributed by atoms with Crippen LogP contribution in [0.4, 0.5) is 0 Å². The molecule has 0 aliphatic rings. The molecule has 0 atom stereocenters. The van der Waals surface area contributed by atoms with Gasteiger partial charge >= 0.3 is 0 Å². The third-order valence-electron chi connectivity index (χ3n) is 2.85. The summed E-state index contributed by atoms with van der Waals surface area (Å²) >= 11 is 11.1. The van der Waals surface area contributed by atoms with Crippen LogP contribution in [0, 0.1) is 0 Å². The minimum Gasteiger partial charge on any atom is -0.497 e. The maximum Gasteiger partial charge on any atom is 0.226 e. The van der Waals surface area contributed by atoms with Gasteiger partial charge in [0, 0.05) is 12.5 Å². The van der Waals surface area contributed by atoms with Gasteiger partial charge in [-0.15, -0.1) is 11.3 Å². The summed E-state index contributed by atoms with van der Waals surface area (Å²) in [4.78, 5) is 12.1. The molecule has 20 heavy (non-hydrogen) atoms. The van der Waals surface area contributed by atoms with Gasteiger partial charge in [0.05, 0.1) is 23.4 Å². The molecule has 1 heterocycles. The number of thiol groups is 1. The second-order valence-electron chi connectivity index (χ2n) is 4.06. The number of carbonyl (C=O) groups excluding carboxylic acids is 1. The summed E-state index contributed by atoms with van der Waals surface area (Å²) in [6.45, 7) is 0. The summed E-state index contributed by atoms with van der Waals surface area (Å²) in [6.07, 6.45) is 0.554. The van der Waals surface area contributed by atoms with Crippen molar-refractivity contribution >= 4 is 40.7 Å². The third kappa shape index (κ3) is 3.29. The van der Waals surface area contributed by atoms with E-state index in [0.717, 1.165) is 16.9 Å². The van der Waals surface area contributed by atoms with Crippen molar-refractivity contribution < 1.29 is 14.3 Å². The highest BCUT2D eigenvalue weighted by atomic mass is 35.5. The SMILES string of the molecule is COc1ccc(Cc2cc(Cl)sc2C(=O)S)c(OC)c1. The molecule has 0 amide bonds. The summed E-state index contributed by atoms with van der Waals surface area (Å²) < 4.78 is 11.1. The predicted molar refractivity (Wildman–Crippen MR) is 85.0 cm³/mol. The molecule has 0 fully saturated rings. The molecule has 106 valence electrons. The Morgan fingerprint density at radius 2 is 2.00 bits per heavy atom. The molecule has 0 saturated heterocycles. The summed E-state index contributed by atoms with van der Waals surface area (Å²) in [6, 6.07) is 7.37. The zero-order chi connectivity index (χ0) is 14.7. The van der Waals surface area contributed by atoms with Gasteiger partial charge in [-0.3, -0.25) is 4.79 Å². The standard InChI is InChI=1S/C14H13ClO3S2/c1-17-10-4-3-8(11(7-10)18-2)5-9-6-12(15)20-13(9)14(16)19/h3-4,6-7H,5H2,1-2H3,(H,16,19). The molecule has 1 aromatic carbocycles. The predicted octanol–water partition coefficient (Wildman–Crippen LogP) is 4.08. The van der Waals surface area contributed by atoms with E-state index in [1.54, 1.807) is 20.3 Å². The van der Waals surface area contributed by atoms with Gasteiger partial charge in [0.1, 0.15) is 11.5 Å². The highest BCUT2D eigenvalue weighted by Gasteiger charge is 2.15. The van der Waals surface area contributed by atoms with Crippen LogP contribution < -0.4 is 9.47 Å². The number of hydrogen-bond donors (Lipinski definition) is 1. The summed E-state index contributed by atoms with van der Waals surface area (Å²) in [5, 5.41) is -0.274. The number of carbonyl (C=O) groups is 1. The van der Waals surface area contributed by atoms with Crippen LogP contribution in [0.3, 0.4) is 0 Å². The average Bonchev–Trinajstić information content (AvgIpc) is 2.80. The van der Waals surface area contributed by atoms with Crippen LogP contribution >= 0.6 is 35.6 Å². The number of methoxy groups -OCH3 is 2. The molecular formula is C14H13ClO3S2. The van der Waals surface area contributed by atoms with Gasteiger partial charge in [0.15, 0.2) is 0 Å². The van der Waals surface area contributed by atoms with E-state index in [1.165, 1.54) is 11.3 Å². The fourth-order valence-electron chi connectivity index (χ4n) is 1.91. The number of thiophene rings is 1. The van der Waals surface area contributed by atoms with Crippen molar-refractivity contribution in [1.29, 1.82) is 0 Å². The monoisotopic (exact) mass is 328 g/mol. The maximum absolute atomic E-state index is 11.5. The van der Waals surface area contributed by atoms with E-state index in [0.29, 0.717) is 21.4 Å². The van der Waals surface area contributed by atoms with E-state index in [1.807, 2.05) is 18.2 Å². The number of hydrogen-bond acceptors (Lipinski definition) is 4. The average molecular weight is 329 g/mol. The van der Waals surface area contributed by atoms with Crippen LogP contribution in [0.15, 0.2) is 24.3 Å². The highest BCUT2D eigenvalue weighted by Crippen LogP contribution is 2.33. The molecule has 2 rings (SSSR count). The number of benzene rings is 1. The van der Waals surface area contributed by atoms with Crippen LogP contribution in [-0.4, -0.2) is 19.3 Å². The zero-order valence-corrected chi connectivity index (χ0v) is 13.4. The summed E-state index contributed by atoms with van der Waals surface area (Å²) in [5.74, 6) is 1.43. The van der Waals surface area contributed by atoms with Crippen molar-refractivity contribution in [3.63, 3.8) is 0 Å². The second-order valence-corrected chi connectivity index (χ2v) is 6.15. The number of ether oxygens (including phenoxy) is 2. The van der Waals surface area contributed by atoms with E-state index in [9.17, 15) is 4.79 Å². The minimum absolute atomic E-state index is 0.274. The molecule has 1 aromatic heterocycles. The van der Waals surface area contributed by atoms with Gasteiger partial charge in [0.2, 0.25) is 5.12 Å². The molecule has 2 aromatic rings. The van der Waals surface area contributed by atoms with Gasteiger partial charge in [-0.1, -0.05) is 30.3 Å². The Balaban J connectivity index is 2.37. The minimum atomic E-state index is -0.274. The first-order valence-electron chi connectivity index (χ1n) is 5.77. The Bertz CT molecular complexity index is 637. The normalized spacial score (nSPS) is 10.4. The Morgan fingerprint density at radius 3 is 2.60 bits per heavy atom. The molecule has 3 nitrogen and oxygen atoms in total. The lowest BCUT2D eigenvalue weighted by Crippen LogP contribution is -1.97. The summed E-state index contributed by atoms with van der Waals surface area (Å²) in [5.41, 5.74) is 1.81. The first kappa shape index (κ1) is 15.2. The van der Waals surface area contributed by atoms with Crippen molar-refractivity contribution in [2.24, 2.45) is 0 Å². The van der Waals surface area contributed by atoms with Gasteiger partial charge in [0.25, 0.3) is 0 Å².